The zero-order chi connectivity index (χ0) is 35.8. The Morgan fingerprint density at radius 1 is 0.315 bits per heavy atom. The van der Waals surface area contributed by atoms with Crippen molar-refractivity contribution in [1.82, 2.24) is 15.0 Å². The number of rotatable bonds is 7. The molecule has 2 aromatic heterocycles. The first-order valence-corrected chi connectivity index (χ1v) is 18.0. The Labute approximate surface area is 312 Å². The second-order valence-corrected chi connectivity index (χ2v) is 13.3. The lowest BCUT2D eigenvalue weighted by molar-refractivity contribution is 0.669. The zero-order valence-corrected chi connectivity index (χ0v) is 29.2. The monoisotopic (exact) mass is 692 g/mol. The van der Waals surface area contributed by atoms with E-state index in [1.54, 1.807) is 0 Å². The van der Waals surface area contributed by atoms with Crippen LogP contribution >= 0.6 is 0 Å². The summed E-state index contributed by atoms with van der Waals surface area (Å²) in [6.45, 7) is 0. The van der Waals surface area contributed by atoms with Crippen LogP contribution < -0.4 is 4.90 Å². The van der Waals surface area contributed by atoms with Crippen LogP contribution in [0.4, 0.5) is 17.1 Å². The van der Waals surface area contributed by atoms with E-state index in [1.807, 2.05) is 72.8 Å². The summed E-state index contributed by atoms with van der Waals surface area (Å²) in [4.78, 5) is 17.0. The van der Waals surface area contributed by atoms with Crippen LogP contribution in [0, 0.1) is 0 Å². The van der Waals surface area contributed by atoms with Crippen LogP contribution in [0.3, 0.4) is 0 Å². The average molecular weight is 693 g/mol. The maximum absolute atomic E-state index is 6.66. The van der Waals surface area contributed by atoms with E-state index in [-0.39, 0.29) is 0 Å². The van der Waals surface area contributed by atoms with Gasteiger partial charge in [-0.05, 0) is 70.4 Å². The Morgan fingerprint density at radius 2 is 0.759 bits per heavy atom. The lowest BCUT2D eigenvalue weighted by Gasteiger charge is -2.26. The average Bonchev–Trinajstić information content (AvgIpc) is 3.62. The van der Waals surface area contributed by atoms with Gasteiger partial charge in [0.05, 0.1) is 0 Å². The molecule has 2 heterocycles. The predicted molar refractivity (Wildman–Crippen MR) is 221 cm³/mol. The standard InChI is InChI=1S/C49H32N4O/c1-4-12-33(13-5-1)35-20-24-40(25-21-35)53(41-26-22-34-14-10-11-19-38(34)30-41)42-27-29-44-43-28-23-39(31-45(43)54-46(44)32-42)49-51-47(36-15-6-2-7-16-36)50-48(52-49)37-17-8-3-9-18-37/h1-32H. The molecule has 0 spiro atoms. The molecule has 0 radical (unpaired) electrons. The number of fused-ring (bicyclic) bond motifs is 4. The summed E-state index contributed by atoms with van der Waals surface area (Å²) in [5, 5.41) is 4.46. The quantitative estimate of drug-likeness (QED) is 0.166. The van der Waals surface area contributed by atoms with Gasteiger partial charge < -0.3 is 9.32 Å². The molecule has 0 aliphatic rings. The predicted octanol–water partition coefficient (Wildman–Crippen LogP) is 13.1. The van der Waals surface area contributed by atoms with Gasteiger partial charge in [-0.1, -0.05) is 140 Å². The maximum Gasteiger partial charge on any atom is 0.164 e. The summed E-state index contributed by atoms with van der Waals surface area (Å²) in [6.07, 6.45) is 0. The molecule has 0 saturated heterocycles. The highest BCUT2D eigenvalue weighted by Gasteiger charge is 2.18. The SMILES string of the molecule is c1ccc(-c2ccc(N(c3ccc4ccccc4c3)c3ccc4c(c3)oc3cc(-c5nc(-c6ccccc6)nc(-c6ccccc6)n5)ccc34)cc2)cc1. The molecule has 0 amide bonds. The third kappa shape index (κ3) is 5.84. The first kappa shape index (κ1) is 31.4. The minimum atomic E-state index is 0.590. The fraction of sp³-hybridized carbons (Fsp3) is 0. The summed E-state index contributed by atoms with van der Waals surface area (Å²) < 4.78 is 6.66. The van der Waals surface area contributed by atoms with Gasteiger partial charge in [-0.15, -0.1) is 0 Å². The number of hydrogen-bond donors (Lipinski definition) is 0. The fourth-order valence-electron chi connectivity index (χ4n) is 7.18. The molecule has 5 nitrogen and oxygen atoms in total. The van der Waals surface area contributed by atoms with Crippen molar-refractivity contribution in [2.75, 3.05) is 4.90 Å². The molecule has 0 bridgehead atoms. The van der Waals surface area contributed by atoms with Crippen LogP contribution in [-0.4, -0.2) is 15.0 Å². The van der Waals surface area contributed by atoms with Crippen LogP contribution in [0.15, 0.2) is 199 Å². The Kier molecular flexibility index (Phi) is 7.73. The third-order valence-electron chi connectivity index (χ3n) is 9.90. The van der Waals surface area contributed by atoms with Gasteiger partial charge in [-0.3, -0.25) is 0 Å². The van der Waals surface area contributed by atoms with E-state index in [4.69, 9.17) is 19.4 Å². The Bertz CT molecular complexity index is 2870. The van der Waals surface area contributed by atoms with Crippen LogP contribution in [0.2, 0.25) is 0 Å². The number of nitrogens with zero attached hydrogens (tertiary/aromatic N) is 4. The summed E-state index contributed by atoms with van der Waals surface area (Å²) in [7, 11) is 0. The highest BCUT2D eigenvalue weighted by atomic mass is 16.3. The topological polar surface area (TPSA) is 55.1 Å². The van der Waals surface area contributed by atoms with E-state index in [0.29, 0.717) is 17.5 Å². The molecule has 0 saturated carbocycles. The number of anilines is 3. The molecule has 0 fully saturated rings. The van der Waals surface area contributed by atoms with Crippen molar-refractivity contribution in [1.29, 1.82) is 0 Å². The van der Waals surface area contributed by atoms with Crippen LogP contribution in [-0.2, 0) is 0 Å². The maximum atomic E-state index is 6.66. The molecule has 0 unspecified atom stereocenters. The van der Waals surface area contributed by atoms with Crippen molar-refractivity contribution in [2.45, 2.75) is 0 Å². The smallest absolute Gasteiger partial charge is 0.164 e. The second kappa shape index (κ2) is 13.3. The molecule has 8 aromatic carbocycles. The van der Waals surface area contributed by atoms with E-state index in [0.717, 1.165) is 55.7 Å². The van der Waals surface area contributed by atoms with Crippen molar-refractivity contribution in [3.63, 3.8) is 0 Å². The van der Waals surface area contributed by atoms with Crippen LogP contribution in [0.1, 0.15) is 0 Å². The van der Waals surface area contributed by atoms with Gasteiger partial charge in [-0.2, -0.15) is 0 Å². The molecule has 0 atom stereocenters. The molecule has 10 aromatic rings. The Hall–Kier alpha value is -7.37. The van der Waals surface area contributed by atoms with Gasteiger partial charge in [0.1, 0.15) is 11.2 Å². The summed E-state index contributed by atoms with van der Waals surface area (Å²) in [5.41, 5.74) is 9.78. The lowest BCUT2D eigenvalue weighted by Crippen LogP contribution is -2.09. The minimum absolute atomic E-state index is 0.590. The van der Waals surface area contributed by atoms with Gasteiger partial charge in [0.2, 0.25) is 0 Å². The highest BCUT2D eigenvalue weighted by molar-refractivity contribution is 6.07. The molecule has 10 rings (SSSR count). The number of benzene rings is 8. The number of hydrogen-bond acceptors (Lipinski definition) is 5. The molecule has 0 aliphatic heterocycles. The number of furan rings is 1. The van der Waals surface area contributed by atoms with Crippen molar-refractivity contribution >= 4 is 49.8 Å². The third-order valence-corrected chi connectivity index (χ3v) is 9.90. The number of aromatic nitrogens is 3. The van der Waals surface area contributed by atoms with Gasteiger partial charge in [0.15, 0.2) is 17.5 Å². The van der Waals surface area contributed by atoms with Gasteiger partial charge in [0.25, 0.3) is 0 Å². The summed E-state index contributed by atoms with van der Waals surface area (Å²) in [6, 6.07) is 67.1. The lowest BCUT2D eigenvalue weighted by atomic mass is 10.0. The molecule has 5 heteroatoms. The van der Waals surface area contributed by atoms with E-state index >= 15 is 0 Å². The van der Waals surface area contributed by atoms with E-state index in [2.05, 4.69) is 126 Å². The van der Waals surface area contributed by atoms with Gasteiger partial charge >= 0.3 is 0 Å². The van der Waals surface area contributed by atoms with Gasteiger partial charge in [0, 0.05) is 50.6 Å². The van der Waals surface area contributed by atoms with Crippen molar-refractivity contribution < 1.29 is 4.42 Å². The minimum Gasteiger partial charge on any atom is -0.456 e. The normalized spacial score (nSPS) is 11.3. The van der Waals surface area contributed by atoms with Crippen LogP contribution in [0.5, 0.6) is 0 Å². The van der Waals surface area contributed by atoms with E-state index in [1.165, 1.54) is 21.9 Å². The molecular formula is C49H32N4O. The largest absolute Gasteiger partial charge is 0.456 e. The second-order valence-electron chi connectivity index (χ2n) is 13.3. The summed E-state index contributed by atoms with van der Waals surface area (Å²) >= 11 is 0. The van der Waals surface area contributed by atoms with Crippen LogP contribution in [0.25, 0.3) is 78.0 Å². The van der Waals surface area contributed by atoms with E-state index < -0.39 is 0 Å². The fourth-order valence-corrected chi connectivity index (χ4v) is 7.18. The molecule has 0 aliphatic carbocycles. The van der Waals surface area contributed by atoms with E-state index in [9.17, 15) is 0 Å². The molecule has 254 valence electrons. The summed E-state index contributed by atoms with van der Waals surface area (Å²) in [5.74, 6) is 1.84. The van der Waals surface area contributed by atoms with Gasteiger partial charge in [-0.25, -0.2) is 15.0 Å². The molecular weight excluding hydrogens is 661 g/mol. The van der Waals surface area contributed by atoms with Crippen molar-refractivity contribution in [2.24, 2.45) is 0 Å². The zero-order valence-electron chi connectivity index (χ0n) is 29.2. The van der Waals surface area contributed by atoms with Crippen molar-refractivity contribution in [3.05, 3.63) is 194 Å². The first-order chi connectivity index (χ1) is 26.7. The Balaban J connectivity index is 1.08. The molecule has 0 N–H and O–H groups in total. The van der Waals surface area contributed by atoms with Crippen molar-refractivity contribution in [3.8, 4) is 45.3 Å². The highest BCUT2D eigenvalue weighted by Crippen LogP contribution is 2.40. The Morgan fingerprint density at radius 3 is 1.41 bits per heavy atom. The first-order valence-electron chi connectivity index (χ1n) is 18.0. The molecule has 54 heavy (non-hydrogen) atoms.